The molecule has 0 aliphatic heterocycles. The molecule has 0 bridgehead atoms. The van der Waals surface area contributed by atoms with Crippen LogP contribution >= 0.6 is 38.5 Å². The normalized spacial score (nSPS) is 10.8. The maximum atomic E-state index is 12.3. The summed E-state index contributed by atoms with van der Waals surface area (Å²) >= 11 is 5.37. The number of hydrogen-bond donors (Lipinski definition) is 2. The topological polar surface area (TPSA) is 123 Å². The average molecular weight is 640 g/mol. The molecule has 176 valence electrons. The first-order valence-electron chi connectivity index (χ1n) is 9.93. The molecule has 0 heterocycles. The number of nitrogens with zero attached hydrogens (tertiary/aromatic N) is 2. The second-order valence-electron chi connectivity index (χ2n) is 6.84. The highest BCUT2D eigenvalue weighted by molar-refractivity contribution is 14.1. The minimum Gasteiger partial charge on any atom is -0.507 e. The Hall–Kier alpha value is -3.19. The number of carbonyl (C=O) groups is 1. The van der Waals surface area contributed by atoms with Crippen molar-refractivity contribution in [1.82, 2.24) is 5.43 Å². The molecule has 0 saturated heterocycles. The van der Waals surface area contributed by atoms with E-state index in [4.69, 9.17) is 9.47 Å². The fraction of sp³-hybridized carbons (Fsp3) is 0.130. The number of phenolic OH excluding ortho intramolecular Hbond substituents is 1. The number of nitro benzene ring substituents is 1. The number of nitro groups is 1. The number of amides is 1. The molecule has 0 aliphatic carbocycles. The molecule has 3 aromatic carbocycles. The van der Waals surface area contributed by atoms with E-state index in [1.807, 2.05) is 6.92 Å². The molecule has 0 fully saturated rings. The first kappa shape index (κ1) is 25.4. The van der Waals surface area contributed by atoms with Crippen molar-refractivity contribution in [1.29, 1.82) is 0 Å². The molecule has 0 aliphatic rings. The lowest BCUT2D eigenvalue weighted by atomic mass is 10.2. The van der Waals surface area contributed by atoms with Crippen LogP contribution < -0.4 is 14.9 Å². The Morgan fingerprint density at radius 2 is 1.94 bits per heavy atom. The molecule has 1 amide bonds. The van der Waals surface area contributed by atoms with Gasteiger partial charge in [-0.2, -0.15) is 5.10 Å². The van der Waals surface area contributed by atoms with E-state index in [1.165, 1.54) is 30.5 Å². The molecule has 0 unspecified atom stereocenters. The SMILES string of the molecule is CCOc1cc(/C=N\NC(=O)c2cc(Br)ccc2O)cc(I)c1OCc1ccc([N+](=O)[O-])cc1. The van der Waals surface area contributed by atoms with E-state index in [0.29, 0.717) is 28.1 Å². The molecule has 2 N–H and O–H groups in total. The number of hydrogen-bond acceptors (Lipinski definition) is 7. The third-order valence-electron chi connectivity index (χ3n) is 4.44. The summed E-state index contributed by atoms with van der Waals surface area (Å²) in [5.74, 6) is 0.311. The van der Waals surface area contributed by atoms with Gasteiger partial charge in [0.05, 0.1) is 26.9 Å². The zero-order valence-electron chi connectivity index (χ0n) is 17.8. The summed E-state index contributed by atoms with van der Waals surface area (Å²) in [6, 6.07) is 14.2. The Labute approximate surface area is 217 Å². The van der Waals surface area contributed by atoms with Gasteiger partial charge < -0.3 is 14.6 Å². The van der Waals surface area contributed by atoms with Crippen molar-refractivity contribution in [2.75, 3.05) is 6.61 Å². The van der Waals surface area contributed by atoms with Crippen molar-refractivity contribution in [3.63, 3.8) is 0 Å². The molecular formula is C23H19BrIN3O6. The molecule has 34 heavy (non-hydrogen) atoms. The van der Waals surface area contributed by atoms with Gasteiger partial charge in [-0.15, -0.1) is 0 Å². The summed E-state index contributed by atoms with van der Waals surface area (Å²) in [5.41, 5.74) is 3.92. The van der Waals surface area contributed by atoms with Crippen molar-refractivity contribution in [2.45, 2.75) is 13.5 Å². The van der Waals surface area contributed by atoms with Gasteiger partial charge in [-0.05, 0) is 83.1 Å². The lowest BCUT2D eigenvalue weighted by Crippen LogP contribution is -2.17. The Morgan fingerprint density at radius 1 is 1.21 bits per heavy atom. The van der Waals surface area contributed by atoms with Crippen molar-refractivity contribution in [2.24, 2.45) is 5.10 Å². The predicted octanol–water partition coefficient (Wildman–Crippen LogP) is 5.41. The smallest absolute Gasteiger partial charge is 0.275 e. The molecule has 9 nitrogen and oxygen atoms in total. The van der Waals surface area contributed by atoms with Crippen LogP contribution in [0, 0.1) is 13.7 Å². The summed E-state index contributed by atoms with van der Waals surface area (Å²) in [7, 11) is 0. The van der Waals surface area contributed by atoms with Gasteiger partial charge >= 0.3 is 0 Å². The molecule has 3 aromatic rings. The molecule has 0 saturated carbocycles. The Bertz CT molecular complexity index is 1230. The average Bonchev–Trinajstić information content (AvgIpc) is 2.80. The second-order valence-corrected chi connectivity index (χ2v) is 8.91. The summed E-state index contributed by atoms with van der Waals surface area (Å²) in [6.45, 7) is 2.45. The van der Waals surface area contributed by atoms with Gasteiger partial charge in [0.2, 0.25) is 0 Å². The maximum Gasteiger partial charge on any atom is 0.275 e. The van der Waals surface area contributed by atoms with Crippen LogP contribution in [0.5, 0.6) is 17.2 Å². The number of non-ortho nitro benzene ring substituents is 1. The fourth-order valence-corrected chi connectivity index (χ4v) is 3.99. The van der Waals surface area contributed by atoms with Gasteiger partial charge in [0.1, 0.15) is 12.4 Å². The van der Waals surface area contributed by atoms with Gasteiger partial charge in [0, 0.05) is 16.6 Å². The highest BCUT2D eigenvalue weighted by Crippen LogP contribution is 2.34. The highest BCUT2D eigenvalue weighted by atomic mass is 127. The third-order valence-corrected chi connectivity index (χ3v) is 5.74. The summed E-state index contributed by atoms with van der Waals surface area (Å²) in [5, 5.41) is 24.6. The lowest BCUT2D eigenvalue weighted by Gasteiger charge is -2.14. The monoisotopic (exact) mass is 639 g/mol. The number of phenols is 1. The first-order valence-corrected chi connectivity index (χ1v) is 11.8. The first-order chi connectivity index (χ1) is 16.3. The van der Waals surface area contributed by atoms with Crippen LogP contribution in [0.15, 0.2) is 64.2 Å². The van der Waals surface area contributed by atoms with Crippen LogP contribution in [0.25, 0.3) is 0 Å². The number of carbonyl (C=O) groups excluding carboxylic acids is 1. The Balaban J connectivity index is 1.72. The third kappa shape index (κ3) is 6.67. The zero-order valence-corrected chi connectivity index (χ0v) is 21.6. The van der Waals surface area contributed by atoms with Crippen LogP contribution in [0.1, 0.15) is 28.4 Å². The molecule has 3 rings (SSSR count). The van der Waals surface area contributed by atoms with E-state index in [9.17, 15) is 20.0 Å². The highest BCUT2D eigenvalue weighted by Gasteiger charge is 2.14. The number of aromatic hydroxyl groups is 1. The van der Waals surface area contributed by atoms with Crippen LogP contribution in [-0.2, 0) is 6.61 Å². The van der Waals surface area contributed by atoms with Crippen LogP contribution in [0.2, 0.25) is 0 Å². The van der Waals surface area contributed by atoms with E-state index < -0.39 is 10.8 Å². The van der Waals surface area contributed by atoms with Crippen LogP contribution in [0.4, 0.5) is 5.69 Å². The largest absolute Gasteiger partial charge is 0.507 e. The summed E-state index contributed by atoms with van der Waals surface area (Å²) in [6.07, 6.45) is 1.46. The van der Waals surface area contributed by atoms with Gasteiger partial charge in [-0.3, -0.25) is 14.9 Å². The zero-order chi connectivity index (χ0) is 24.7. The van der Waals surface area contributed by atoms with Crippen molar-refractivity contribution >= 4 is 56.3 Å². The van der Waals surface area contributed by atoms with E-state index in [1.54, 1.807) is 30.3 Å². The standard InChI is InChI=1S/C23H19BrIN3O6/c1-2-33-21-10-15(12-26-27-23(30)18-11-16(24)5-8-20(18)29)9-19(25)22(21)34-13-14-3-6-17(7-4-14)28(31)32/h3-12,29H,2,13H2,1H3,(H,27,30)/b26-12-. The number of benzene rings is 3. The lowest BCUT2D eigenvalue weighted by molar-refractivity contribution is -0.384. The summed E-state index contributed by atoms with van der Waals surface area (Å²) in [4.78, 5) is 22.6. The number of nitrogens with one attached hydrogen (secondary N) is 1. The number of halogens is 2. The quantitative estimate of drug-likeness (QED) is 0.140. The van der Waals surface area contributed by atoms with Gasteiger partial charge in [0.25, 0.3) is 11.6 Å². The number of rotatable bonds is 9. The van der Waals surface area contributed by atoms with Crippen LogP contribution in [0.3, 0.4) is 0 Å². The summed E-state index contributed by atoms with van der Waals surface area (Å²) < 4.78 is 13.1. The predicted molar refractivity (Wildman–Crippen MR) is 139 cm³/mol. The van der Waals surface area contributed by atoms with Gasteiger partial charge in [-0.25, -0.2) is 5.43 Å². The minimum absolute atomic E-state index is 0.0131. The molecule has 0 radical (unpaired) electrons. The Kier molecular flexibility index (Phi) is 8.82. The van der Waals surface area contributed by atoms with Crippen LogP contribution in [-0.4, -0.2) is 28.8 Å². The van der Waals surface area contributed by atoms with E-state index in [2.05, 4.69) is 49.0 Å². The molecule has 11 heteroatoms. The van der Waals surface area contributed by atoms with E-state index in [-0.39, 0.29) is 23.6 Å². The van der Waals surface area contributed by atoms with E-state index in [0.717, 1.165) is 9.13 Å². The Morgan fingerprint density at radius 3 is 2.62 bits per heavy atom. The molecule has 0 spiro atoms. The maximum absolute atomic E-state index is 12.3. The molecular weight excluding hydrogens is 621 g/mol. The van der Waals surface area contributed by atoms with Crippen molar-refractivity contribution in [3.05, 3.63) is 89.4 Å². The molecule has 0 aromatic heterocycles. The second kappa shape index (κ2) is 11.8. The number of ether oxygens (including phenoxy) is 2. The number of hydrazone groups is 1. The van der Waals surface area contributed by atoms with Crippen molar-refractivity contribution < 1.29 is 24.3 Å². The molecule has 0 atom stereocenters. The van der Waals surface area contributed by atoms with Gasteiger partial charge in [-0.1, -0.05) is 15.9 Å². The van der Waals surface area contributed by atoms with E-state index >= 15 is 0 Å². The van der Waals surface area contributed by atoms with Crippen molar-refractivity contribution in [3.8, 4) is 17.2 Å². The fourth-order valence-electron chi connectivity index (χ4n) is 2.85. The minimum atomic E-state index is -0.558. The van der Waals surface area contributed by atoms with Gasteiger partial charge in [0.15, 0.2) is 11.5 Å².